The van der Waals surface area contributed by atoms with Gasteiger partial charge in [-0.15, -0.1) is 0 Å². The van der Waals surface area contributed by atoms with Crippen molar-refractivity contribution in [1.82, 2.24) is 0 Å². The molecule has 3 nitrogen and oxygen atoms in total. The molecule has 0 saturated heterocycles. The summed E-state index contributed by atoms with van der Waals surface area (Å²) in [6.07, 6.45) is 2.08. The van der Waals surface area contributed by atoms with Crippen LogP contribution in [0.1, 0.15) is 20.3 Å². The van der Waals surface area contributed by atoms with Crippen molar-refractivity contribution in [2.24, 2.45) is 5.41 Å². The van der Waals surface area contributed by atoms with Gasteiger partial charge in [-0.3, -0.25) is 4.79 Å². The van der Waals surface area contributed by atoms with Gasteiger partial charge in [0.05, 0.1) is 12.7 Å². The van der Waals surface area contributed by atoms with Crippen LogP contribution in [0.25, 0.3) is 0 Å². The van der Waals surface area contributed by atoms with E-state index in [-0.39, 0.29) is 16.8 Å². The van der Waals surface area contributed by atoms with Crippen LogP contribution in [0.3, 0.4) is 0 Å². The van der Waals surface area contributed by atoms with E-state index in [0.29, 0.717) is 6.42 Å². The zero-order valence-corrected chi connectivity index (χ0v) is 7.51. The molecular formula is C9H12O3. The molecule has 0 bridgehead atoms. The molecule has 66 valence electrons. The van der Waals surface area contributed by atoms with Crippen molar-refractivity contribution >= 4 is 11.8 Å². The second-order valence-electron chi connectivity index (χ2n) is 3.64. The molecule has 0 aromatic heterocycles. The molecule has 12 heavy (non-hydrogen) atoms. The topological polar surface area (TPSA) is 43.4 Å². The third-order valence-corrected chi connectivity index (χ3v) is 1.86. The van der Waals surface area contributed by atoms with E-state index in [1.54, 1.807) is 6.08 Å². The van der Waals surface area contributed by atoms with Gasteiger partial charge >= 0.3 is 5.97 Å². The Balaban J connectivity index is 2.91. The number of rotatable bonds is 1. The number of esters is 1. The maximum atomic E-state index is 11.2. The standard InChI is InChI=1S/C9H12O3/c1-9(2)4-6(7(10)5-9)8(11)12-3/h4H,5H2,1-3H3. The fourth-order valence-electron chi connectivity index (χ4n) is 1.31. The lowest BCUT2D eigenvalue weighted by Crippen LogP contribution is -2.10. The van der Waals surface area contributed by atoms with Gasteiger partial charge in [0.25, 0.3) is 0 Å². The number of allylic oxidation sites excluding steroid dienone is 1. The number of hydrogen-bond acceptors (Lipinski definition) is 3. The van der Waals surface area contributed by atoms with E-state index in [4.69, 9.17) is 0 Å². The molecule has 1 aliphatic rings. The summed E-state index contributed by atoms with van der Waals surface area (Å²) >= 11 is 0. The Kier molecular flexibility index (Phi) is 2.04. The molecule has 0 heterocycles. The van der Waals surface area contributed by atoms with Gasteiger partial charge in [-0.05, 0) is 5.41 Å². The lowest BCUT2D eigenvalue weighted by molar-refractivity contribution is -0.137. The minimum Gasteiger partial charge on any atom is -0.465 e. The predicted octanol–water partition coefficient (Wildman–Crippen LogP) is 1.08. The summed E-state index contributed by atoms with van der Waals surface area (Å²) in [5, 5.41) is 0. The minimum atomic E-state index is -0.523. The first-order valence-corrected chi connectivity index (χ1v) is 3.81. The van der Waals surface area contributed by atoms with Crippen LogP contribution in [0, 0.1) is 5.41 Å². The Morgan fingerprint density at radius 1 is 1.58 bits per heavy atom. The van der Waals surface area contributed by atoms with Gasteiger partial charge in [-0.1, -0.05) is 19.9 Å². The van der Waals surface area contributed by atoms with Crippen molar-refractivity contribution in [3.05, 3.63) is 11.6 Å². The molecule has 0 spiro atoms. The molecule has 3 heteroatoms. The Bertz CT molecular complexity index is 261. The zero-order valence-electron chi connectivity index (χ0n) is 7.51. The van der Waals surface area contributed by atoms with E-state index in [9.17, 15) is 9.59 Å². The molecule has 0 aliphatic heterocycles. The molecule has 0 unspecified atom stereocenters. The van der Waals surface area contributed by atoms with Crippen LogP contribution in [-0.4, -0.2) is 18.9 Å². The first-order chi connectivity index (χ1) is 5.46. The lowest BCUT2D eigenvalue weighted by atomic mass is 9.93. The highest BCUT2D eigenvalue weighted by atomic mass is 16.5. The maximum absolute atomic E-state index is 11.2. The number of ketones is 1. The summed E-state index contributed by atoms with van der Waals surface area (Å²) in [4.78, 5) is 22.2. The predicted molar refractivity (Wildman–Crippen MR) is 43.5 cm³/mol. The molecule has 0 amide bonds. The quantitative estimate of drug-likeness (QED) is 0.434. The first-order valence-electron chi connectivity index (χ1n) is 3.81. The largest absolute Gasteiger partial charge is 0.465 e. The smallest absolute Gasteiger partial charge is 0.341 e. The highest BCUT2D eigenvalue weighted by Gasteiger charge is 2.33. The van der Waals surface area contributed by atoms with Crippen LogP contribution in [0.2, 0.25) is 0 Å². The summed E-state index contributed by atoms with van der Waals surface area (Å²) < 4.78 is 4.47. The van der Waals surface area contributed by atoms with E-state index < -0.39 is 5.97 Å². The number of ether oxygens (including phenoxy) is 1. The summed E-state index contributed by atoms with van der Waals surface area (Å²) in [5.74, 6) is -0.641. The SMILES string of the molecule is COC(=O)C1=CC(C)(C)CC1=O. The van der Waals surface area contributed by atoms with Crippen molar-refractivity contribution in [3.63, 3.8) is 0 Å². The number of hydrogen-bond donors (Lipinski definition) is 0. The second-order valence-corrected chi connectivity index (χ2v) is 3.64. The van der Waals surface area contributed by atoms with Crippen LogP contribution in [0.15, 0.2) is 11.6 Å². The third kappa shape index (κ3) is 1.55. The van der Waals surface area contributed by atoms with Gasteiger partial charge in [0.1, 0.15) is 0 Å². The second kappa shape index (κ2) is 2.73. The highest BCUT2D eigenvalue weighted by molar-refractivity contribution is 6.19. The number of carbonyl (C=O) groups excluding carboxylic acids is 2. The van der Waals surface area contributed by atoms with Crippen molar-refractivity contribution in [2.75, 3.05) is 7.11 Å². The lowest BCUT2D eigenvalue weighted by Gasteiger charge is -2.10. The average molecular weight is 168 g/mol. The summed E-state index contributed by atoms with van der Waals surface area (Å²) in [6.45, 7) is 3.84. The Hall–Kier alpha value is -1.12. The van der Waals surface area contributed by atoms with Crippen molar-refractivity contribution in [2.45, 2.75) is 20.3 Å². The first kappa shape index (κ1) is 8.97. The van der Waals surface area contributed by atoms with E-state index in [0.717, 1.165) is 0 Å². The molecule has 1 aliphatic carbocycles. The summed E-state index contributed by atoms with van der Waals surface area (Å²) in [6, 6.07) is 0. The third-order valence-electron chi connectivity index (χ3n) is 1.86. The molecule has 0 fully saturated rings. The van der Waals surface area contributed by atoms with Gasteiger partial charge < -0.3 is 4.74 Å². The molecular weight excluding hydrogens is 156 g/mol. The van der Waals surface area contributed by atoms with Gasteiger partial charge in [0.2, 0.25) is 0 Å². The van der Waals surface area contributed by atoms with Crippen LogP contribution < -0.4 is 0 Å². The van der Waals surface area contributed by atoms with Crippen molar-refractivity contribution in [1.29, 1.82) is 0 Å². The summed E-state index contributed by atoms with van der Waals surface area (Å²) in [7, 11) is 1.28. The molecule has 0 atom stereocenters. The van der Waals surface area contributed by atoms with E-state index in [1.807, 2.05) is 13.8 Å². The van der Waals surface area contributed by atoms with Gasteiger partial charge in [0.15, 0.2) is 5.78 Å². The zero-order chi connectivity index (χ0) is 9.35. The maximum Gasteiger partial charge on any atom is 0.341 e. The van der Waals surface area contributed by atoms with E-state index in [2.05, 4.69) is 4.74 Å². The molecule has 0 aromatic carbocycles. The monoisotopic (exact) mass is 168 g/mol. The molecule has 1 rings (SSSR count). The van der Waals surface area contributed by atoms with E-state index in [1.165, 1.54) is 7.11 Å². The fourth-order valence-corrected chi connectivity index (χ4v) is 1.31. The van der Waals surface area contributed by atoms with Crippen LogP contribution in [0.4, 0.5) is 0 Å². The Morgan fingerprint density at radius 3 is 2.50 bits per heavy atom. The van der Waals surface area contributed by atoms with Crippen molar-refractivity contribution in [3.8, 4) is 0 Å². The molecule has 0 N–H and O–H groups in total. The van der Waals surface area contributed by atoms with E-state index >= 15 is 0 Å². The number of methoxy groups -OCH3 is 1. The highest BCUT2D eigenvalue weighted by Crippen LogP contribution is 2.32. The minimum absolute atomic E-state index is 0.119. The molecule has 0 saturated carbocycles. The van der Waals surface area contributed by atoms with Crippen LogP contribution in [-0.2, 0) is 14.3 Å². The van der Waals surface area contributed by atoms with Crippen LogP contribution >= 0.6 is 0 Å². The average Bonchev–Trinajstić information content (AvgIpc) is 2.23. The summed E-state index contributed by atoms with van der Waals surface area (Å²) in [5.41, 5.74) is 0.00292. The Labute approximate surface area is 71.4 Å². The number of carbonyl (C=O) groups is 2. The normalized spacial score (nSPS) is 20.6. The molecule has 0 radical (unpaired) electrons. The Morgan fingerprint density at radius 2 is 2.17 bits per heavy atom. The van der Waals surface area contributed by atoms with Crippen molar-refractivity contribution < 1.29 is 14.3 Å². The number of Topliss-reactive ketones (excluding diaryl/α,β-unsaturated/α-hetero) is 1. The van der Waals surface area contributed by atoms with Crippen LogP contribution in [0.5, 0.6) is 0 Å². The van der Waals surface area contributed by atoms with Gasteiger partial charge in [-0.25, -0.2) is 4.79 Å². The van der Waals surface area contributed by atoms with Gasteiger partial charge in [-0.2, -0.15) is 0 Å². The molecule has 0 aromatic rings. The van der Waals surface area contributed by atoms with Gasteiger partial charge in [0, 0.05) is 6.42 Å². The fraction of sp³-hybridized carbons (Fsp3) is 0.556.